The van der Waals surface area contributed by atoms with Crippen LogP contribution in [0.25, 0.3) is 5.69 Å². The minimum Gasteiger partial charge on any atom is -0.484 e. The van der Waals surface area contributed by atoms with E-state index in [-0.39, 0.29) is 18.4 Å². The lowest BCUT2D eigenvalue weighted by Gasteiger charge is -2.10. The summed E-state index contributed by atoms with van der Waals surface area (Å²) in [6.07, 6.45) is 0. The summed E-state index contributed by atoms with van der Waals surface area (Å²) in [7, 11) is 0. The highest BCUT2D eigenvalue weighted by Gasteiger charge is 2.16. The minimum atomic E-state index is -0.308. The smallest absolute Gasteiger partial charge is 0.262 e. The Morgan fingerprint density at radius 1 is 0.912 bits per heavy atom. The average Bonchev–Trinajstić information content (AvgIpc) is 3.15. The molecule has 172 valence electrons. The van der Waals surface area contributed by atoms with E-state index in [4.69, 9.17) is 4.74 Å². The number of hydrogen-bond donors (Lipinski definition) is 2. The highest BCUT2D eigenvalue weighted by molar-refractivity contribution is 5.95. The Kier molecular flexibility index (Phi) is 7.03. The number of hydrogen-bond acceptors (Lipinski definition) is 4. The number of carbonyl (C=O) groups is 2. The van der Waals surface area contributed by atoms with Crippen LogP contribution < -0.4 is 15.4 Å². The van der Waals surface area contributed by atoms with Crippen LogP contribution in [-0.4, -0.2) is 28.2 Å². The van der Waals surface area contributed by atoms with E-state index >= 15 is 0 Å². The van der Waals surface area contributed by atoms with Crippen molar-refractivity contribution in [3.63, 3.8) is 0 Å². The van der Waals surface area contributed by atoms with Crippen LogP contribution in [0.3, 0.4) is 0 Å². The van der Waals surface area contributed by atoms with E-state index in [1.807, 2.05) is 74.5 Å². The fraction of sp³-hybridized carbons (Fsp3) is 0.148. The van der Waals surface area contributed by atoms with Gasteiger partial charge in [0.2, 0.25) is 0 Å². The van der Waals surface area contributed by atoms with Crippen LogP contribution >= 0.6 is 0 Å². The third-order valence-electron chi connectivity index (χ3n) is 5.32. The molecule has 7 heteroatoms. The van der Waals surface area contributed by atoms with Gasteiger partial charge in [0.1, 0.15) is 5.75 Å². The topological polar surface area (TPSA) is 85.2 Å². The van der Waals surface area contributed by atoms with Crippen molar-refractivity contribution in [3.05, 3.63) is 107 Å². The summed E-state index contributed by atoms with van der Waals surface area (Å²) in [5, 5.41) is 10.3. The first kappa shape index (κ1) is 22.8. The van der Waals surface area contributed by atoms with Crippen molar-refractivity contribution in [2.75, 3.05) is 11.9 Å². The molecule has 2 amide bonds. The fourth-order valence-corrected chi connectivity index (χ4v) is 3.58. The van der Waals surface area contributed by atoms with Gasteiger partial charge in [-0.15, -0.1) is 0 Å². The molecule has 0 aliphatic rings. The third kappa shape index (κ3) is 5.50. The van der Waals surface area contributed by atoms with Gasteiger partial charge in [-0.05, 0) is 49.7 Å². The predicted molar refractivity (Wildman–Crippen MR) is 131 cm³/mol. The number of para-hydroxylation sites is 1. The Labute approximate surface area is 198 Å². The van der Waals surface area contributed by atoms with E-state index in [1.165, 1.54) is 0 Å². The van der Waals surface area contributed by atoms with E-state index < -0.39 is 0 Å². The number of amides is 2. The molecular weight excluding hydrogens is 428 g/mol. The molecule has 0 aliphatic heterocycles. The molecule has 0 unspecified atom stereocenters. The van der Waals surface area contributed by atoms with E-state index in [9.17, 15) is 9.59 Å². The molecule has 34 heavy (non-hydrogen) atoms. The summed E-state index contributed by atoms with van der Waals surface area (Å²) >= 11 is 0. The van der Waals surface area contributed by atoms with Gasteiger partial charge in [-0.2, -0.15) is 5.10 Å². The number of anilines is 1. The lowest BCUT2D eigenvalue weighted by atomic mass is 10.2. The van der Waals surface area contributed by atoms with Crippen molar-refractivity contribution < 1.29 is 14.3 Å². The van der Waals surface area contributed by atoms with Gasteiger partial charge in [-0.25, -0.2) is 4.68 Å². The summed E-state index contributed by atoms with van der Waals surface area (Å²) in [6.45, 7) is 3.99. The number of ether oxygens (including phenoxy) is 1. The lowest BCUT2D eigenvalue weighted by molar-refractivity contribution is -0.118. The Balaban J connectivity index is 1.35. The minimum absolute atomic E-state index is 0.190. The molecule has 4 rings (SSSR count). The number of carbonyl (C=O) groups excluding carboxylic acids is 2. The van der Waals surface area contributed by atoms with E-state index in [0.717, 1.165) is 16.9 Å². The molecule has 0 atom stereocenters. The lowest BCUT2D eigenvalue weighted by Crippen LogP contribution is -2.23. The first-order valence-electron chi connectivity index (χ1n) is 11.0. The maximum Gasteiger partial charge on any atom is 0.262 e. The Morgan fingerprint density at radius 3 is 2.35 bits per heavy atom. The zero-order valence-electron chi connectivity index (χ0n) is 19.1. The van der Waals surface area contributed by atoms with Gasteiger partial charge < -0.3 is 15.4 Å². The molecule has 1 aromatic heterocycles. The molecule has 0 aliphatic carbocycles. The van der Waals surface area contributed by atoms with E-state index in [0.29, 0.717) is 29.2 Å². The number of aromatic nitrogens is 2. The summed E-state index contributed by atoms with van der Waals surface area (Å²) < 4.78 is 7.44. The van der Waals surface area contributed by atoms with Crippen LogP contribution in [0, 0.1) is 13.8 Å². The van der Waals surface area contributed by atoms with Crippen LogP contribution in [0.15, 0.2) is 84.9 Å². The molecular formula is C27H26N4O3. The molecule has 2 N–H and O–H groups in total. The molecule has 0 fully saturated rings. The molecule has 0 saturated carbocycles. The highest BCUT2D eigenvalue weighted by Crippen LogP contribution is 2.23. The zero-order valence-corrected chi connectivity index (χ0v) is 19.1. The van der Waals surface area contributed by atoms with Crippen molar-refractivity contribution >= 4 is 17.5 Å². The van der Waals surface area contributed by atoms with Crippen molar-refractivity contribution in [1.29, 1.82) is 0 Å². The SMILES string of the molecule is Cc1nn(-c2ccccc2)c(C)c1NC(=O)COc1cccc(C(=O)NCc2ccccc2)c1. The summed E-state index contributed by atoms with van der Waals surface area (Å²) in [6, 6.07) is 26.2. The van der Waals surface area contributed by atoms with Crippen LogP contribution in [0.4, 0.5) is 5.69 Å². The standard InChI is InChI=1S/C27H26N4O3/c1-19-26(20(2)31(30-19)23-13-7-4-8-14-23)29-25(32)18-34-24-15-9-12-22(16-24)27(33)28-17-21-10-5-3-6-11-21/h3-16H,17-18H2,1-2H3,(H,28,33)(H,29,32). The van der Waals surface area contributed by atoms with Gasteiger partial charge in [0.15, 0.2) is 6.61 Å². The van der Waals surface area contributed by atoms with Gasteiger partial charge in [0.25, 0.3) is 11.8 Å². The van der Waals surface area contributed by atoms with Crippen LogP contribution in [0.2, 0.25) is 0 Å². The molecule has 0 spiro atoms. The predicted octanol–water partition coefficient (Wildman–Crippen LogP) is 4.44. The zero-order chi connectivity index (χ0) is 23.9. The van der Waals surface area contributed by atoms with Crippen molar-refractivity contribution in [3.8, 4) is 11.4 Å². The van der Waals surface area contributed by atoms with E-state index in [2.05, 4.69) is 15.7 Å². The van der Waals surface area contributed by atoms with Gasteiger partial charge >= 0.3 is 0 Å². The second kappa shape index (κ2) is 10.5. The molecule has 4 aromatic rings. The van der Waals surface area contributed by atoms with Crippen molar-refractivity contribution in [2.45, 2.75) is 20.4 Å². The van der Waals surface area contributed by atoms with Crippen molar-refractivity contribution in [1.82, 2.24) is 15.1 Å². The average molecular weight is 455 g/mol. The van der Waals surface area contributed by atoms with E-state index in [1.54, 1.807) is 28.9 Å². The number of benzene rings is 3. The van der Waals surface area contributed by atoms with Gasteiger partial charge in [0, 0.05) is 12.1 Å². The maximum atomic E-state index is 12.6. The second-order valence-electron chi connectivity index (χ2n) is 7.83. The number of nitrogens with one attached hydrogen (secondary N) is 2. The highest BCUT2D eigenvalue weighted by atomic mass is 16.5. The molecule has 7 nitrogen and oxygen atoms in total. The summed E-state index contributed by atoms with van der Waals surface area (Å²) in [5.41, 5.74) is 4.60. The Morgan fingerprint density at radius 2 is 1.62 bits per heavy atom. The van der Waals surface area contributed by atoms with Crippen LogP contribution in [0.5, 0.6) is 5.75 Å². The van der Waals surface area contributed by atoms with Crippen molar-refractivity contribution in [2.24, 2.45) is 0 Å². The van der Waals surface area contributed by atoms with Gasteiger partial charge in [-0.1, -0.05) is 54.6 Å². The normalized spacial score (nSPS) is 10.5. The molecule has 0 saturated heterocycles. The number of aryl methyl sites for hydroxylation is 1. The fourth-order valence-electron chi connectivity index (χ4n) is 3.58. The quantitative estimate of drug-likeness (QED) is 0.412. The van der Waals surface area contributed by atoms with Crippen LogP contribution in [0.1, 0.15) is 27.3 Å². The molecule has 3 aromatic carbocycles. The Hall–Kier alpha value is -4.39. The van der Waals surface area contributed by atoms with Gasteiger partial charge in [-0.3, -0.25) is 9.59 Å². The third-order valence-corrected chi connectivity index (χ3v) is 5.32. The summed E-state index contributed by atoms with van der Waals surface area (Å²) in [4.78, 5) is 25.1. The second-order valence-corrected chi connectivity index (χ2v) is 7.83. The van der Waals surface area contributed by atoms with Gasteiger partial charge in [0.05, 0.1) is 22.8 Å². The monoisotopic (exact) mass is 454 g/mol. The number of nitrogens with zero attached hydrogens (tertiary/aromatic N) is 2. The molecule has 0 radical (unpaired) electrons. The first-order chi connectivity index (χ1) is 16.5. The first-order valence-corrected chi connectivity index (χ1v) is 11.0. The molecule has 0 bridgehead atoms. The summed E-state index contributed by atoms with van der Waals surface area (Å²) in [5.74, 6) is -0.0768. The molecule has 1 heterocycles. The van der Waals surface area contributed by atoms with Crippen LogP contribution in [-0.2, 0) is 11.3 Å². The Bertz CT molecular complexity index is 1280. The maximum absolute atomic E-state index is 12.6. The largest absolute Gasteiger partial charge is 0.484 e. The number of rotatable bonds is 8.